The standard InChI is InChI=1S/C21H25NO4/c1-4-6-15-25-16(3)21(23)22-17-7-9-19(10-8-17)26-20-13-11-18(12-14-20)24-5-2/h4,7-14,16H,1,5-6,15H2,2-3H3,(H,22,23). The first-order chi connectivity index (χ1) is 12.6. The number of carbonyl (C=O) groups excluding carboxylic acids is 1. The van der Waals surface area contributed by atoms with E-state index in [4.69, 9.17) is 14.2 Å². The number of benzene rings is 2. The first-order valence-corrected chi connectivity index (χ1v) is 8.66. The predicted octanol–water partition coefficient (Wildman–Crippen LogP) is 4.80. The van der Waals surface area contributed by atoms with Crippen molar-refractivity contribution in [3.63, 3.8) is 0 Å². The summed E-state index contributed by atoms with van der Waals surface area (Å²) in [5.74, 6) is 2.02. The van der Waals surface area contributed by atoms with E-state index in [-0.39, 0.29) is 5.91 Å². The lowest BCUT2D eigenvalue weighted by Crippen LogP contribution is -2.27. The molecule has 2 aromatic rings. The van der Waals surface area contributed by atoms with Gasteiger partial charge >= 0.3 is 0 Å². The van der Waals surface area contributed by atoms with Crippen LogP contribution >= 0.6 is 0 Å². The van der Waals surface area contributed by atoms with E-state index in [9.17, 15) is 4.79 Å². The van der Waals surface area contributed by atoms with Gasteiger partial charge in [0.15, 0.2) is 0 Å². The highest BCUT2D eigenvalue weighted by Crippen LogP contribution is 2.25. The van der Waals surface area contributed by atoms with Crippen molar-refractivity contribution in [1.82, 2.24) is 0 Å². The minimum Gasteiger partial charge on any atom is -0.494 e. The number of hydrogen-bond donors (Lipinski definition) is 1. The van der Waals surface area contributed by atoms with Crippen molar-refractivity contribution < 1.29 is 19.0 Å². The molecular formula is C21H25NO4. The van der Waals surface area contributed by atoms with Crippen LogP contribution in [0.3, 0.4) is 0 Å². The van der Waals surface area contributed by atoms with Crippen molar-refractivity contribution in [1.29, 1.82) is 0 Å². The summed E-state index contributed by atoms with van der Waals surface area (Å²) in [6.45, 7) is 8.40. The normalized spacial score (nSPS) is 11.5. The van der Waals surface area contributed by atoms with E-state index in [1.165, 1.54) is 0 Å². The predicted molar refractivity (Wildman–Crippen MR) is 103 cm³/mol. The van der Waals surface area contributed by atoms with Gasteiger partial charge in [-0.1, -0.05) is 6.08 Å². The second kappa shape index (κ2) is 10.3. The van der Waals surface area contributed by atoms with Crippen molar-refractivity contribution in [2.75, 3.05) is 18.5 Å². The van der Waals surface area contributed by atoms with E-state index in [1.54, 1.807) is 37.3 Å². The van der Waals surface area contributed by atoms with Gasteiger partial charge in [0, 0.05) is 5.69 Å². The molecule has 0 fully saturated rings. The van der Waals surface area contributed by atoms with Crippen LogP contribution in [0, 0.1) is 0 Å². The van der Waals surface area contributed by atoms with Crippen LogP contribution < -0.4 is 14.8 Å². The Bertz CT molecular complexity index is 695. The molecule has 2 rings (SSSR count). The molecule has 1 N–H and O–H groups in total. The Balaban J connectivity index is 1.87. The molecule has 0 aliphatic heterocycles. The van der Waals surface area contributed by atoms with Gasteiger partial charge in [0.1, 0.15) is 23.4 Å². The fourth-order valence-electron chi connectivity index (χ4n) is 2.16. The van der Waals surface area contributed by atoms with E-state index in [1.807, 2.05) is 31.2 Å². The fraction of sp³-hybridized carbons (Fsp3) is 0.286. The number of carbonyl (C=O) groups is 1. The molecule has 5 nitrogen and oxygen atoms in total. The van der Waals surface area contributed by atoms with E-state index in [0.29, 0.717) is 24.7 Å². The van der Waals surface area contributed by atoms with Gasteiger partial charge in [-0.25, -0.2) is 0 Å². The van der Waals surface area contributed by atoms with Crippen molar-refractivity contribution in [2.24, 2.45) is 0 Å². The lowest BCUT2D eigenvalue weighted by Gasteiger charge is -2.13. The Labute approximate surface area is 154 Å². The SMILES string of the molecule is C=CCCOC(C)C(=O)Nc1ccc(Oc2ccc(OCC)cc2)cc1. The molecule has 1 atom stereocenters. The molecule has 0 heterocycles. The Morgan fingerprint density at radius 2 is 1.65 bits per heavy atom. The van der Waals surface area contributed by atoms with Crippen molar-refractivity contribution in [3.8, 4) is 17.2 Å². The molecule has 138 valence electrons. The molecule has 0 aromatic heterocycles. The highest BCUT2D eigenvalue weighted by Gasteiger charge is 2.13. The van der Waals surface area contributed by atoms with Crippen molar-refractivity contribution in [2.45, 2.75) is 26.4 Å². The Morgan fingerprint density at radius 1 is 1.08 bits per heavy atom. The maximum atomic E-state index is 12.1. The largest absolute Gasteiger partial charge is 0.494 e. The highest BCUT2D eigenvalue weighted by atomic mass is 16.5. The third-order valence-corrected chi connectivity index (χ3v) is 3.55. The molecule has 0 aliphatic rings. The number of amides is 1. The number of nitrogens with one attached hydrogen (secondary N) is 1. The first-order valence-electron chi connectivity index (χ1n) is 8.66. The van der Waals surface area contributed by atoms with Gasteiger partial charge in [-0.3, -0.25) is 4.79 Å². The summed E-state index contributed by atoms with van der Waals surface area (Å²) >= 11 is 0. The summed E-state index contributed by atoms with van der Waals surface area (Å²) in [7, 11) is 0. The molecule has 0 aliphatic carbocycles. The topological polar surface area (TPSA) is 56.8 Å². The zero-order chi connectivity index (χ0) is 18.8. The number of rotatable bonds is 10. The van der Waals surface area contributed by atoms with Crippen LogP contribution in [-0.2, 0) is 9.53 Å². The van der Waals surface area contributed by atoms with Crippen LogP contribution in [0.25, 0.3) is 0 Å². The summed E-state index contributed by atoms with van der Waals surface area (Å²) in [4.78, 5) is 12.1. The minimum absolute atomic E-state index is 0.186. The lowest BCUT2D eigenvalue weighted by molar-refractivity contribution is -0.126. The van der Waals surface area contributed by atoms with Crippen LogP contribution in [0.1, 0.15) is 20.3 Å². The van der Waals surface area contributed by atoms with Gasteiger partial charge in [-0.05, 0) is 68.8 Å². The monoisotopic (exact) mass is 355 g/mol. The van der Waals surface area contributed by atoms with Gasteiger partial charge in [0.05, 0.1) is 13.2 Å². The highest BCUT2D eigenvalue weighted by molar-refractivity contribution is 5.93. The van der Waals surface area contributed by atoms with Crippen LogP contribution in [-0.4, -0.2) is 25.2 Å². The molecule has 1 amide bonds. The average Bonchev–Trinajstić information content (AvgIpc) is 2.65. The zero-order valence-corrected chi connectivity index (χ0v) is 15.2. The van der Waals surface area contributed by atoms with Crippen LogP contribution in [0.4, 0.5) is 5.69 Å². The van der Waals surface area contributed by atoms with Crippen LogP contribution in [0.5, 0.6) is 17.2 Å². The summed E-state index contributed by atoms with van der Waals surface area (Å²) in [6.07, 6.45) is 1.96. The second-order valence-electron chi connectivity index (χ2n) is 5.61. The third-order valence-electron chi connectivity index (χ3n) is 3.55. The second-order valence-corrected chi connectivity index (χ2v) is 5.61. The maximum absolute atomic E-state index is 12.1. The average molecular weight is 355 g/mol. The minimum atomic E-state index is -0.519. The molecule has 0 saturated heterocycles. The quantitative estimate of drug-likeness (QED) is 0.491. The van der Waals surface area contributed by atoms with Crippen molar-refractivity contribution >= 4 is 11.6 Å². The van der Waals surface area contributed by atoms with E-state index in [0.717, 1.165) is 17.9 Å². The summed E-state index contributed by atoms with van der Waals surface area (Å²) < 4.78 is 16.6. The van der Waals surface area contributed by atoms with E-state index < -0.39 is 6.10 Å². The number of hydrogen-bond acceptors (Lipinski definition) is 4. The molecule has 5 heteroatoms. The molecule has 0 spiro atoms. The number of ether oxygens (including phenoxy) is 3. The van der Waals surface area contributed by atoms with E-state index in [2.05, 4.69) is 11.9 Å². The molecule has 0 saturated carbocycles. The maximum Gasteiger partial charge on any atom is 0.253 e. The molecule has 0 radical (unpaired) electrons. The van der Waals surface area contributed by atoms with Gasteiger partial charge in [0.25, 0.3) is 5.91 Å². The van der Waals surface area contributed by atoms with Crippen molar-refractivity contribution in [3.05, 3.63) is 61.2 Å². The van der Waals surface area contributed by atoms with Gasteiger partial charge in [0.2, 0.25) is 0 Å². The van der Waals surface area contributed by atoms with E-state index >= 15 is 0 Å². The fourth-order valence-corrected chi connectivity index (χ4v) is 2.16. The van der Waals surface area contributed by atoms with Gasteiger partial charge in [-0.2, -0.15) is 0 Å². The lowest BCUT2D eigenvalue weighted by atomic mass is 10.2. The molecular weight excluding hydrogens is 330 g/mol. The molecule has 26 heavy (non-hydrogen) atoms. The summed E-state index contributed by atoms with van der Waals surface area (Å²) in [5, 5.41) is 2.82. The number of anilines is 1. The summed E-state index contributed by atoms with van der Waals surface area (Å²) in [5.41, 5.74) is 0.688. The third kappa shape index (κ3) is 6.26. The summed E-state index contributed by atoms with van der Waals surface area (Å²) in [6, 6.07) is 14.6. The zero-order valence-electron chi connectivity index (χ0n) is 15.2. The van der Waals surface area contributed by atoms with Crippen LogP contribution in [0.15, 0.2) is 61.2 Å². The molecule has 1 unspecified atom stereocenters. The molecule has 0 bridgehead atoms. The van der Waals surface area contributed by atoms with Gasteiger partial charge in [-0.15, -0.1) is 6.58 Å². The van der Waals surface area contributed by atoms with Gasteiger partial charge < -0.3 is 19.5 Å². The molecule has 2 aromatic carbocycles. The first kappa shape index (κ1) is 19.5. The van der Waals surface area contributed by atoms with Crippen LogP contribution in [0.2, 0.25) is 0 Å². The smallest absolute Gasteiger partial charge is 0.253 e. The Kier molecular flexibility index (Phi) is 7.71. The Hall–Kier alpha value is -2.79. The Morgan fingerprint density at radius 3 is 2.23 bits per heavy atom.